The first-order valence-electron chi connectivity index (χ1n) is 19.7. The van der Waals surface area contributed by atoms with Crippen LogP contribution in [-0.2, 0) is 5.41 Å². The summed E-state index contributed by atoms with van der Waals surface area (Å²) in [5.41, 5.74) is 13.3. The molecule has 1 aliphatic carbocycles. The van der Waals surface area contributed by atoms with Gasteiger partial charge >= 0.3 is 0 Å². The predicted molar refractivity (Wildman–Crippen MR) is 241 cm³/mol. The zero-order chi connectivity index (χ0) is 37.5. The van der Waals surface area contributed by atoms with Gasteiger partial charge in [-0.1, -0.05) is 169 Å². The van der Waals surface area contributed by atoms with Gasteiger partial charge in [-0.3, -0.25) is 0 Å². The maximum atomic E-state index is 2.50. The summed E-state index contributed by atoms with van der Waals surface area (Å²) in [7, 11) is 0. The fraction of sp³-hybridized carbons (Fsp3) is 0.0182. The van der Waals surface area contributed by atoms with Gasteiger partial charge in [0.2, 0.25) is 0 Å². The van der Waals surface area contributed by atoms with Crippen LogP contribution in [-0.4, -0.2) is 0 Å². The first-order chi connectivity index (χ1) is 28.2. The third-order valence-corrected chi connectivity index (χ3v) is 13.4. The third-order valence-electron chi connectivity index (χ3n) is 12.2. The van der Waals surface area contributed by atoms with Crippen LogP contribution in [0, 0.1) is 0 Å². The van der Waals surface area contributed by atoms with E-state index in [4.69, 9.17) is 0 Å². The molecule has 1 aliphatic heterocycles. The molecule has 1 spiro atoms. The lowest BCUT2D eigenvalue weighted by Crippen LogP contribution is -2.36. The summed E-state index contributed by atoms with van der Waals surface area (Å²) >= 11 is 1.89. The smallest absolute Gasteiger partial charge is 0.0736 e. The van der Waals surface area contributed by atoms with Gasteiger partial charge in [0.05, 0.1) is 5.41 Å². The summed E-state index contributed by atoms with van der Waals surface area (Å²) in [6.45, 7) is 0. The first kappa shape index (κ1) is 32.4. The number of hydrogen-bond donors (Lipinski definition) is 0. The Hall–Kier alpha value is -6.87. The number of hydrogen-bond acceptors (Lipinski definition) is 2. The second kappa shape index (κ2) is 12.6. The van der Waals surface area contributed by atoms with Crippen molar-refractivity contribution in [2.24, 2.45) is 0 Å². The van der Waals surface area contributed by atoms with Crippen molar-refractivity contribution in [2.45, 2.75) is 15.2 Å². The monoisotopic (exact) mass is 741 g/mol. The fourth-order valence-electron chi connectivity index (χ4n) is 9.76. The van der Waals surface area contributed by atoms with Gasteiger partial charge in [0.1, 0.15) is 0 Å². The molecule has 0 radical (unpaired) electrons. The number of anilines is 3. The third kappa shape index (κ3) is 4.84. The van der Waals surface area contributed by atoms with Crippen LogP contribution in [0.2, 0.25) is 0 Å². The normalized spacial score (nSPS) is 15.0. The molecule has 57 heavy (non-hydrogen) atoms. The van der Waals surface area contributed by atoms with E-state index in [0.717, 1.165) is 17.1 Å². The van der Waals surface area contributed by atoms with Gasteiger partial charge in [-0.05, 0) is 131 Å². The quantitative estimate of drug-likeness (QED) is 0.177. The van der Waals surface area contributed by atoms with Crippen molar-refractivity contribution in [1.82, 2.24) is 0 Å². The van der Waals surface area contributed by atoms with Crippen LogP contribution < -0.4 is 4.90 Å². The lowest BCUT2D eigenvalue weighted by molar-refractivity contribution is 0.707. The molecule has 10 aromatic rings. The van der Waals surface area contributed by atoms with Crippen molar-refractivity contribution in [3.8, 4) is 22.3 Å². The maximum Gasteiger partial charge on any atom is 0.0736 e. The van der Waals surface area contributed by atoms with Crippen molar-refractivity contribution in [3.05, 3.63) is 235 Å². The van der Waals surface area contributed by atoms with Crippen LogP contribution >= 0.6 is 11.8 Å². The Labute approximate surface area is 336 Å². The van der Waals surface area contributed by atoms with E-state index in [0.29, 0.717) is 0 Å². The lowest BCUT2D eigenvalue weighted by atomic mass is 9.59. The van der Waals surface area contributed by atoms with Gasteiger partial charge in [-0.2, -0.15) is 0 Å². The molecule has 0 N–H and O–H groups in total. The molecule has 2 aliphatic rings. The number of rotatable bonds is 4. The summed E-state index contributed by atoms with van der Waals surface area (Å²) in [5.74, 6) is 0. The van der Waals surface area contributed by atoms with E-state index in [1.807, 2.05) is 11.8 Å². The molecule has 2 heteroatoms. The average molecular weight is 742 g/mol. The lowest BCUT2D eigenvalue weighted by Gasteiger charge is -2.46. The van der Waals surface area contributed by atoms with Gasteiger partial charge in [-0.25, -0.2) is 0 Å². The Bertz CT molecular complexity index is 3230. The zero-order valence-corrected chi connectivity index (χ0v) is 31.9. The first-order valence-corrected chi connectivity index (χ1v) is 20.5. The van der Waals surface area contributed by atoms with Crippen LogP contribution in [0.5, 0.6) is 0 Å². The summed E-state index contributed by atoms with van der Waals surface area (Å²) in [6, 6.07) is 79.1. The fourth-order valence-corrected chi connectivity index (χ4v) is 10.9. The number of fused-ring (bicyclic) bond motifs is 10. The highest BCUT2D eigenvalue weighted by molar-refractivity contribution is 7.99. The molecule has 1 nitrogen and oxygen atoms in total. The molecular formula is C55H35NS. The maximum absolute atomic E-state index is 2.50. The Morgan fingerprint density at radius 2 is 0.877 bits per heavy atom. The van der Waals surface area contributed by atoms with Crippen molar-refractivity contribution in [3.63, 3.8) is 0 Å². The van der Waals surface area contributed by atoms with E-state index in [1.54, 1.807) is 0 Å². The number of nitrogens with zero attached hydrogens (tertiary/aromatic N) is 1. The van der Waals surface area contributed by atoms with Crippen molar-refractivity contribution < 1.29 is 0 Å². The average Bonchev–Trinajstić information content (AvgIpc) is 3.28. The van der Waals surface area contributed by atoms with E-state index >= 15 is 0 Å². The van der Waals surface area contributed by atoms with E-state index in [-0.39, 0.29) is 0 Å². The molecule has 0 bridgehead atoms. The van der Waals surface area contributed by atoms with E-state index < -0.39 is 5.41 Å². The highest BCUT2D eigenvalue weighted by Gasteiger charge is 2.48. The standard InChI is InChI=1S/C55H35NS/c1-2-12-36(13-3-1)40-24-25-42-34-44(29-27-41(42)32-40)56(43-28-26-37-14-4-5-15-39(37)33-43)45-30-31-53-51(35-45)55(49-21-8-9-23-52(49)57-53)48-20-7-6-18-46(48)47-19-10-16-38-17-11-22-50(55)54(38)47/h1-35H. The molecule has 10 aromatic carbocycles. The van der Waals surface area contributed by atoms with E-state index in [2.05, 4.69) is 217 Å². The molecule has 0 saturated heterocycles. The van der Waals surface area contributed by atoms with Gasteiger partial charge in [0.15, 0.2) is 0 Å². The molecular weight excluding hydrogens is 707 g/mol. The minimum Gasteiger partial charge on any atom is -0.310 e. The van der Waals surface area contributed by atoms with Gasteiger partial charge in [0, 0.05) is 26.9 Å². The Kier molecular flexibility index (Phi) is 7.14. The second-order valence-electron chi connectivity index (χ2n) is 15.3. The highest BCUT2D eigenvalue weighted by Crippen LogP contribution is 2.62. The number of benzene rings is 10. The van der Waals surface area contributed by atoms with Crippen molar-refractivity contribution in [2.75, 3.05) is 4.90 Å². The van der Waals surface area contributed by atoms with Crippen LogP contribution in [0.1, 0.15) is 22.3 Å². The van der Waals surface area contributed by atoms with E-state index in [9.17, 15) is 0 Å². The minimum atomic E-state index is -0.524. The van der Waals surface area contributed by atoms with Crippen molar-refractivity contribution in [1.29, 1.82) is 0 Å². The van der Waals surface area contributed by atoms with Gasteiger partial charge < -0.3 is 4.90 Å². The molecule has 0 aromatic heterocycles. The molecule has 1 atom stereocenters. The zero-order valence-electron chi connectivity index (χ0n) is 31.1. The Morgan fingerprint density at radius 3 is 1.74 bits per heavy atom. The Morgan fingerprint density at radius 1 is 0.316 bits per heavy atom. The molecule has 0 fully saturated rings. The summed E-state index contributed by atoms with van der Waals surface area (Å²) in [6.07, 6.45) is 0. The van der Waals surface area contributed by atoms with Gasteiger partial charge in [-0.15, -0.1) is 0 Å². The van der Waals surface area contributed by atoms with Crippen LogP contribution in [0.25, 0.3) is 54.6 Å². The SMILES string of the molecule is c1ccc(-c2ccc3cc(N(c4ccc5c(c4)C4(c6ccccc6S5)c5ccccc5-c5cccc6cccc4c56)c4ccc5ccccc5c4)ccc3c2)cc1. The molecule has 0 saturated carbocycles. The summed E-state index contributed by atoms with van der Waals surface area (Å²) in [5, 5.41) is 7.50. The van der Waals surface area contributed by atoms with Crippen LogP contribution in [0.4, 0.5) is 17.1 Å². The Balaban J connectivity index is 1.12. The second-order valence-corrected chi connectivity index (χ2v) is 16.3. The molecule has 1 heterocycles. The van der Waals surface area contributed by atoms with Crippen LogP contribution in [0.15, 0.2) is 222 Å². The largest absolute Gasteiger partial charge is 0.310 e. The summed E-state index contributed by atoms with van der Waals surface area (Å²) in [4.78, 5) is 5.05. The predicted octanol–water partition coefficient (Wildman–Crippen LogP) is 15.1. The molecule has 266 valence electrons. The van der Waals surface area contributed by atoms with E-state index in [1.165, 1.54) is 86.6 Å². The molecule has 1 unspecified atom stereocenters. The summed E-state index contributed by atoms with van der Waals surface area (Å²) < 4.78 is 0. The molecule has 12 rings (SSSR count). The molecule has 0 amide bonds. The minimum absolute atomic E-state index is 0.524. The van der Waals surface area contributed by atoms with Gasteiger partial charge in [0.25, 0.3) is 0 Å². The van der Waals surface area contributed by atoms with Crippen molar-refractivity contribution >= 4 is 61.1 Å². The highest BCUT2D eigenvalue weighted by atomic mass is 32.2. The topological polar surface area (TPSA) is 3.24 Å². The van der Waals surface area contributed by atoms with Crippen LogP contribution in [0.3, 0.4) is 0 Å².